The van der Waals surface area contributed by atoms with Gasteiger partial charge in [-0.25, -0.2) is 8.78 Å². The summed E-state index contributed by atoms with van der Waals surface area (Å²) in [5, 5.41) is 2.23. The van der Waals surface area contributed by atoms with Crippen molar-refractivity contribution in [3.05, 3.63) is 29.8 Å². The Morgan fingerprint density at radius 1 is 1.53 bits per heavy atom. The second-order valence-corrected chi connectivity index (χ2v) is 3.48. The van der Waals surface area contributed by atoms with Gasteiger partial charge in [0.25, 0.3) is 0 Å². The number of methoxy groups -OCH3 is 1. The summed E-state index contributed by atoms with van der Waals surface area (Å²) in [7, 11) is 1.48. The maximum atomic E-state index is 13.2. The summed E-state index contributed by atoms with van der Waals surface area (Å²) in [6.07, 6.45) is 0.305. The summed E-state index contributed by atoms with van der Waals surface area (Å²) in [4.78, 5) is 11.5. The lowest BCUT2D eigenvalue weighted by Crippen LogP contribution is -2.36. The van der Waals surface area contributed by atoms with E-state index in [0.29, 0.717) is 13.0 Å². The third-order valence-corrected chi connectivity index (χ3v) is 2.18. The molecule has 17 heavy (non-hydrogen) atoms. The van der Waals surface area contributed by atoms with Crippen LogP contribution in [0.3, 0.4) is 0 Å². The normalized spacial score (nSPS) is 12.2. The second-order valence-electron chi connectivity index (χ2n) is 3.48. The Hall–Kier alpha value is -1.53. The number of rotatable bonds is 5. The summed E-state index contributed by atoms with van der Waals surface area (Å²) in [5.74, 6) is -2.69. The zero-order valence-corrected chi connectivity index (χ0v) is 9.37. The molecule has 0 bridgehead atoms. The van der Waals surface area contributed by atoms with E-state index in [1.54, 1.807) is 0 Å². The molecule has 0 fully saturated rings. The van der Waals surface area contributed by atoms with Crippen molar-refractivity contribution in [1.82, 2.24) is 0 Å². The average Bonchev–Trinajstić information content (AvgIpc) is 2.31. The van der Waals surface area contributed by atoms with Crippen molar-refractivity contribution in [1.29, 1.82) is 0 Å². The topological polar surface area (TPSA) is 64.3 Å². The zero-order chi connectivity index (χ0) is 12.8. The van der Waals surface area contributed by atoms with E-state index >= 15 is 0 Å². The second kappa shape index (κ2) is 6.27. The van der Waals surface area contributed by atoms with Crippen molar-refractivity contribution in [2.75, 3.05) is 19.0 Å². The molecule has 0 radical (unpaired) electrons. The molecule has 1 rings (SSSR count). The first-order valence-corrected chi connectivity index (χ1v) is 5.05. The van der Waals surface area contributed by atoms with Crippen molar-refractivity contribution in [2.24, 2.45) is 5.73 Å². The quantitative estimate of drug-likeness (QED) is 0.819. The van der Waals surface area contributed by atoms with E-state index in [-0.39, 0.29) is 5.69 Å². The highest BCUT2D eigenvalue weighted by Crippen LogP contribution is 2.16. The maximum absolute atomic E-state index is 13.2. The Bertz CT molecular complexity index is 399. The number of carbonyl (C=O) groups excluding carboxylic acids is 1. The van der Waals surface area contributed by atoms with Gasteiger partial charge in [-0.1, -0.05) is 6.07 Å². The molecule has 1 aromatic carbocycles. The first-order chi connectivity index (χ1) is 8.06. The standard InChI is InChI=1S/C11H14F2N2O2/c1-17-6-5-8(14)11(16)15-9-4-2-3-7(12)10(9)13/h2-4,8H,5-6,14H2,1H3,(H,15,16). The van der Waals surface area contributed by atoms with Crippen molar-refractivity contribution in [3.63, 3.8) is 0 Å². The summed E-state index contributed by atoms with van der Waals surface area (Å²) in [6, 6.07) is 2.71. The molecule has 0 saturated heterocycles. The number of hydrogen-bond acceptors (Lipinski definition) is 3. The van der Waals surface area contributed by atoms with Gasteiger partial charge >= 0.3 is 0 Å². The van der Waals surface area contributed by atoms with Crippen LogP contribution in [0.1, 0.15) is 6.42 Å². The number of benzene rings is 1. The number of hydrogen-bond donors (Lipinski definition) is 2. The van der Waals surface area contributed by atoms with Gasteiger partial charge in [-0.2, -0.15) is 0 Å². The molecule has 0 aromatic heterocycles. The van der Waals surface area contributed by atoms with E-state index in [2.05, 4.69) is 5.32 Å². The van der Waals surface area contributed by atoms with Crippen LogP contribution in [0.4, 0.5) is 14.5 Å². The molecule has 0 spiro atoms. The molecule has 0 aliphatic heterocycles. The van der Waals surface area contributed by atoms with Crippen molar-refractivity contribution >= 4 is 11.6 Å². The van der Waals surface area contributed by atoms with Gasteiger partial charge < -0.3 is 15.8 Å². The Balaban J connectivity index is 2.64. The van der Waals surface area contributed by atoms with E-state index in [1.807, 2.05) is 0 Å². The minimum atomic E-state index is -1.10. The van der Waals surface area contributed by atoms with Crippen LogP contribution in [0, 0.1) is 11.6 Å². The lowest BCUT2D eigenvalue weighted by Gasteiger charge is -2.12. The number of nitrogens with two attached hydrogens (primary N) is 1. The Labute approximate surface area is 97.8 Å². The molecule has 1 unspecified atom stereocenters. The molecule has 3 N–H and O–H groups in total. The van der Waals surface area contributed by atoms with E-state index in [1.165, 1.54) is 19.2 Å². The number of amides is 1. The molecular weight excluding hydrogens is 230 g/mol. The summed E-state index contributed by atoms with van der Waals surface area (Å²) < 4.78 is 30.8. The number of nitrogens with one attached hydrogen (secondary N) is 1. The van der Waals surface area contributed by atoms with Gasteiger partial charge in [-0.05, 0) is 18.6 Å². The monoisotopic (exact) mass is 244 g/mol. The van der Waals surface area contributed by atoms with Crippen LogP contribution in [-0.4, -0.2) is 25.7 Å². The molecular formula is C11H14F2N2O2. The molecule has 6 heteroatoms. The highest BCUT2D eigenvalue weighted by molar-refractivity contribution is 5.94. The van der Waals surface area contributed by atoms with Gasteiger partial charge in [0.15, 0.2) is 11.6 Å². The Morgan fingerprint density at radius 2 is 2.24 bits per heavy atom. The first kappa shape index (κ1) is 13.5. The van der Waals surface area contributed by atoms with E-state index in [9.17, 15) is 13.6 Å². The van der Waals surface area contributed by atoms with Gasteiger partial charge in [-0.15, -0.1) is 0 Å². The minimum absolute atomic E-state index is 0.220. The third-order valence-electron chi connectivity index (χ3n) is 2.18. The van der Waals surface area contributed by atoms with Gasteiger partial charge in [0.1, 0.15) is 0 Å². The molecule has 0 aliphatic carbocycles. The fraction of sp³-hybridized carbons (Fsp3) is 0.364. The van der Waals surface area contributed by atoms with Gasteiger partial charge in [0.2, 0.25) is 5.91 Å². The number of ether oxygens (including phenoxy) is 1. The van der Waals surface area contributed by atoms with Gasteiger partial charge in [0, 0.05) is 13.7 Å². The largest absolute Gasteiger partial charge is 0.385 e. The zero-order valence-electron chi connectivity index (χ0n) is 9.37. The van der Waals surface area contributed by atoms with E-state index in [0.717, 1.165) is 6.07 Å². The molecule has 4 nitrogen and oxygen atoms in total. The fourth-order valence-corrected chi connectivity index (χ4v) is 1.20. The molecule has 0 aliphatic rings. The Kier molecular flexibility index (Phi) is 4.99. The maximum Gasteiger partial charge on any atom is 0.241 e. The van der Waals surface area contributed by atoms with Crippen LogP contribution < -0.4 is 11.1 Å². The predicted molar refractivity (Wildman–Crippen MR) is 59.5 cm³/mol. The number of carbonyl (C=O) groups is 1. The highest BCUT2D eigenvalue weighted by Gasteiger charge is 2.16. The van der Waals surface area contributed by atoms with Gasteiger partial charge in [-0.3, -0.25) is 4.79 Å². The molecule has 1 amide bonds. The molecule has 0 heterocycles. The van der Waals surface area contributed by atoms with Crippen LogP contribution in [-0.2, 0) is 9.53 Å². The minimum Gasteiger partial charge on any atom is -0.385 e. The molecule has 1 atom stereocenters. The first-order valence-electron chi connectivity index (χ1n) is 5.05. The van der Waals surface area contributed by atoms with Crippen LogP contribution in [0.25, 0.3) is 0 Å². The summed E-state index contributed by atoms with van der Waals surface area (Å²) >= 11 is 0. The van der Waals surface area contributed by atoms with E-state index in [4.69, 9.17) is 10.5 Å². The highest BCUT2D eigenvalue weighted by atomic mass is 19.2. The van der Waals surface area contributed by atoms with Crippen LogP contribution in [0.15, 0.2) is 18.2 Å². The number of anilines is 1. The fourth-order valence-electron chi connectivity index (χ4n) is 1.20. The van der Waals surface area contributed by atoms with Crippen molar-refractivity contribution in [2.45, 2.75) is 12.5 Å². The molecule has 94 valence electrons. The lowest BCUT2D eigenvalue weighted by atomic mass is 10.2. The summed E-state index contributed by atoms with van der Waals surface area (Å²) in [5.41, 5.74) is 5.31. The smallest absolute Gasteiger partial charge is 0.241 e. The molecule has 1 aromatic rings. The van der Waals surface area contributed by atoms with Crippen LogP contribution >= 0.6 is 0 Å². The average molecular weight is 244 g/mol. The SMILES string of the molecule is COCCC(N)C(=O)Nc1cccc(F)c1F. The molecule has 0 saturated carbocycles. The third kappa shape index (κ3) is 3.76. The predicted octanol–water partition coefficient (Wildman–Crippen LogP) is 1.27. The summed E-state index contributed by atoms with van der Waals surface area (Å²) in [6.45, 7) is 0.320. The number of halogens is 2. The van der Waals surface area contributed by atoms with Crippen LogP contribution in [0.5, 0.6) is 0 Å². The van der Waals surface area contributed by atoms with Gasteiger partial charge in [0.05, 0.1) is 11.7 Å². The lowest BCUT2D eigenvalue weighted by molar-refractivity contribution is -0.117. The van der Waals surface area contributed by atoms with Crippen molar-refractivity contribution in [3.8, 4) is 0 Å². The van der Waals surface area contributed by atoms with E-state index < -0.39 is 23.6 Å². The Morgan fingerprint density at radius 3 is 2.88 bits per heavy atom. The van der Waals surface area contributed by atoms with Crippen LogP contribution in [0.2, 0.25) is 0 Å². The van der Waals surface area contributed by atoms with Crippen molar-refractivity contribution < 1.29 is 18.3 Å².